The first kappa shape index (κ1) is 19.7. The van der Waals surface area contributed by atoms with Crippen molar-refractivity contribution in [2.24, 2.45) is 0 Å². The van der Waals surface area contributed by atoms with Gasteiger partial charge in [-0.25, -0.2) is 0 Å². The number of hydrazine groups is 1. The molecule has 0 spiro atoms. The Morgan fingerprint density at radius 3 is 2.19 bits per heavy atom. The van der Waals surface area contributed by atoms with Gasteiger partial charge in [0.05, 0.1) is 7.11 Å². The van der Waals surface area contributed by atoms with Crippen LogP contribution >= 0.6 is 12.2 Å². The first-order valence-corrected chi connectivity index (χ1v) is 9.05. The highest BCUT2D eigenvalue weighted by Crippen LogP contribution is 2.11. The van der Waals surface area contributed by atoms with Crippen molar-refractivity contribution in [3.63, 3.8) is 0 Å². The van der Waals surface area contributed by atoms with E-state index in [1.807, 2.05) is 24.3 Å². The van der Waals surface area contributed by atoms with Crippen LogP contribution in [-0.2, 0) is 24.2 Å². The van der Waals surface area contributed by atoms with Crippen LogP contribution < -0.4 is 20.9 Å². The number of hydrogen-bond acceptors (Lipinski definition) is 3. The number of aryl methyl sites for hydroxylation is 2. The Hall–Kier alpha value is -2.60. The molecule has 0 aliphatic heterocycles. The third-order valence-electron chi connectivity index (χ3n) is 4.00. The zero-order chi connectivity index (χ0) is 18.8. The lowest BCUT2D eigenvalue weighted by atomic mass is 10.1. The van der Waals surface area contributed by atoms with Gasteiger partial charge in [0.15, 0.2) is 5.11 Å². The lowest BCUT2D eigenvalue weighted by molar-refractivity contribution is -0.121. The van der Waals surface area contributed by atoms with Gasteiger partial charge in [-0.15, -0.1) is 0 Å². The van der Waals surface area contributed by atoms with Crippen molar-refractivity contribution in [2.75, 3.05) is 7.11 Å². The molecule has 0 unspecified atom stereocenters. The van der Waals surface area contributed by atoms with Crippen LogP contribution in [0.4, 0.5) is 0 Å². The van der Waals surface area contributed by atoms with Gasteiger partial charge in [-0.05, 0) is 53.9 Å². The maximum Gasteiger partial charge on any atom is 0.238 e. The van der Waals surface area contributed by atoms with E-state index in [1.165, 1.54) is 5.56 Å². The van der Waals surface area contributed by atoms with Crippen molar-refractivity contribution in [3.8, 4) is 5.75 Å². The van der Waals surface area contributed by atoms with Crippen molar-refractivity contribution in [1.29, 1.82) is 0 Å². The molecular formula is C20H25N3O2S. The molecule has 6 heteroatoms. The fourth-order valence-corrected chi connectivity index (χ4v) is 2.48. The van der Waals surface area contributed by atoms with Gasteiger partial charge in [0.2, 0.25) is 5.91 Å². The average Bonchev–Trinajstić information content (AvgIpc) is 2.69. The number of amides is 1. The van der Waals surface area contributed by atoms with E-state index < -0.39 is 0 Å². The summed E-state index contributed by atoms with van der Waals surface area (Å²) in [7, 11) is 1.63. The Kier molecular flexibility index (Phi) is 7.89. The SMILES string of the molecule is CCc1ccc(CCC(=O)NNC(=S)NCc2ccc(OC)cc2)cc1. The molecule has 0 aromatic heterocycles. The molecular weight excluding hydrogens is 346 g/mol. The summed E-state index contributed by atoms with van der Waals surface area (Å²) in [5, 5.41) is 3.42. The summed E-state index contributed by atoms with van der Waals surface area (Å²) in [6.07, 6.45) is 2.12. The Labute approximate surface area is 160 Å². The number of carbonyl (C=O) groups is 1. The van der Waals surface area contributed by atoms with Crippen LogP contribution in [0.3, 0.4) is 0 Å². The van der Waals surface area contributed by atoms with E-state index in [0.717, 1.165) is 23.3 Å². The number of rotatable bonds is 7. The van der Waals surface area contributed by atoms with Crippen molar-refractivity contribution in [2.45, 2.75) is 32.7 Å². The summed E-state index contributed by atoms with van der Waals surface area (Å²) >= 11 is 5.16. The lowest BCUT2D eigenvalue weighted by Crippen LogP contribution is -2.46. The summed E-state index contributed by atoms with van der Waals surface area (Å²) < 4.78 is 5.12. The molecule has 0 heterocycles. The summed E-state index contributed by atoms with van der Waals surface area (Å²) in [6.45, 7) is 2.69. The molecule has 5 nitrogen and oxygen atoms in total. The smallest absolute Gasteiger partial charge is 0.238 e. The van der Waals surface area contributed by atoms with E-state index in [9.17, 15) is 4.79 Å². The van der Waals surface area contributed by atoms with Gasteiger partial charge in [-0.3, -0.25) is 15.6 Å². The topological polar surface area (TPSA) is 62.4 Å². The van der Waals surface area contributed by atoms with E-state index in [1.54, 1.807) is 7.11 Å². The molecule has 0 atom stereocenters. The van der Waals surface area contributed by atoms with Gasteiger partial charge in [-0.1, -0.05) is 43.3 Å². The molecule has 2 rings (SSSR count). The van der Waals surface area contributed by atoms with Crippen LogP contribution in [0.2, 0.25) is 0 Å². The molecule has 1 amide bonds. The molecule has 0 radical (unpaired) electrons. The highest BCUT2D eigenvalue weighted by molar-refractivity contribution is 7.80. The minimum Gasteiger partial charge on any atom is -0.497 e. The molecule has 2 aromatic rings. The van der Waals surface area contributed by atoms with Crippen molar-refractivity contribution < 1.29 is 9.53 Å². The van der Waals surface area contributed by atoms with E-state index >= 15 is 0 Å². The zero-order valence-corrected chi connectivity index (χ0v) is 16.0. The largest absolute Gasteiger partial charge is 0.497 e. The van der Waals surface area contributed by atoms with Crippen LogP contribution in [0.1, 0.15) is 30.0 Å². The molecule has 3 N–H and O–H groups in total. The van der Waals surface area contributed by atoms with E-state index in [4.69, 9.17) is 17.0 Å². The molecule has 0 saturated carbocycles. The maximum atomic E-state index is 11.9. The first-order chi connectivity index (χ1) is 12.6. The van der Waals surface area contributed by atoms with Gasteiger partial charge in [0.1, 0.15) is 5.75 Å². The minimum atomic E-state index is -0.0989. The predicted molar refractivity (Wildman–Crippen MR) is 108 cm³/mol. The van der Waals surface area contributed by atoms with Crippen LogP contribution in [0.5, 0.6) is 5.75 Å². The van der Waals surface area contributed by atoms with Gasteiger partial charge in [-0.2, -0.15) is 0 Å². The average molecular weight is 372 g/mol. The second-order valence-electron chi connectivity index (χ2n) is 5.87. The Morgan fingerprint density at radius 1 is 0.962 bits per heavy atom. The van der Waals surface area contributed by atoms with Gasteiger partial charge < -0.3 is 10.1 Å². The number of nitrogens with one attached hydrogen (secondary N) is 3. The molecule has 138 valence electrons. The van der Waals surface area contributed by atoms with Gasteiger partial charge in [0, 0.05) is 13.0 Å². The molecule has 26 heavy (non-hydrogen) atoms. The summed E-state index contributed by atoms with van der Waals surface area (Å²) in [4.78, 5) is 11.9. The maximum absolute atomic E-state index is 11.9. The molecule has 0 aliphatic rings. The fraction of sp³-hybridized carbons (Fsp3) is 0.300. The third-order valence-corrected chi connectivity index (χ3v) is 4.25. The summed E-state index contributed by atoms with van der Waals surface area (Å²) in [5.74, 6) is 0.712. The van der Waals surface area contributed by atoms with E-state index in [0.29, 0.717) is 24.5 Å². The van der Waals surface area contributed by atoms with Crippen LogP contribution in [-0.4, -0.2) is 18.1 Å². The van der Waals surface area contributed by atoms with Gasteiger partial charge >= 0.3 is 0 Å². The standard InChI is InChI=1S/C20H25N3O2S/c1-3-15-4-6-16(7-5-15)10-13-19(24)22-23-20(26)21-14-17-8-11-18(25-2)12-9-17/h4-9,11-12H,3,10,13-14H2,1-2H3,(H,22,24)(H2,21,23,26). The predicted octanol–water partition coefficient (Wildman–Crippen LogP) is 2.89. The van der Waals surface area contributed by atoms with Crippen molar-refractivity contribution in [1.82, 2.24) is 16.2 Å². The van der Waals surface area contributed by atoms with Crippen LogP contribution in [0.25, 0.3) is 0 Å². The van der Waals surface area contributed by atoms with Gasteiger partial charge in [0.25, 0.3) is 0 Å². The zero-order valence-electron chi connectivity index (χ0n) is 15.2. The third kappa shape index (κ3) is 6.72. The second kappa shape index (κ2) is 10.4. The van der Waals surface area contributed by atoms with Crippen molar-refractivity contribution in [3.05, 3.63) is 65.2 Å². The highest BCUT2D eigenvalue weighted by atomic mass is 32.1. The quantitative estimate of drug-likeness (QED) is 0.516. The normalized spacial score (nSPS) is 10.1. The molecule has 0 aliphatic carbocycles. The Balaban J connectivity index is 1.64. The Morgan fingerprint density at radius 2 is 1.58 bits per heavy atom. The van der Waals surface area contributed by atoms with Crippen LogP contribution in [0, 0.1) is 0 Å². The number of benzene rings is 2. The monoisotopic (exact) mass is 371 g/mol. The first-order valence-electron chi connectivity index (χ1n) is 8.64. The molecule has 0 saturated heterocycles. The number of hydrogen-bond donors (Lipinski definition) is 3. The van der Waals surface area contributed by atoms with E-state index in [2.05, 4.69) is 47.4 Å². The molecule has 2 aromatic carbocycles. The highest BCUT2D eigenvalue weighted by Gasteiger charge is 2.03. The molecule has 0 bridgehead atoms. The summed E-state index contributed by atoms with van der Waals surface area (Å²) in [6, 6.07) is 16.0. The Bertz CT molecular complexity index is 651. The fourth-order valence-electron chi connectivity index (χ4n) is 2.36. The number of ether oxygens (including phenoxy) is 1. The molecule has 0 fully saturated rings. The van der Waals surface area contributed by atoms with E-state index in [-0.39, 0.29) is 5.91 Å². The summed E-state index contributed by atoms with van der Waals surface area (Å²) in [5.41, 5.74) is 8.86. The number of thiocarbonyl (C=S) groups is 1. The van der Waals surface area contributed by atoms with Crippen molar-refractivity contribution >= 4 is 23.2 Å². The lowest BCUT2D eigenvalue weighted by Gasteiger charge is -2.12. The number of methoxy groups -OCH3 is 1. The van der Waals surface area contributed by atoms with Crippen LogP contribution in [0.15, 0.2) is 48.5 Å². The minimum absolute atomic E-state index is 0.0989. The number of carbonyl (C=O) groups excluding carboxylic acids is 1. The second-order valence-corrected chi connectivity index (χ2v) is 6.28.